The maximum Gasteiger partial charge on any atom is 0.0807 e. The fourth-order valence-electron chi connectivity index (χ4n) is 1.22. The fraction of sp³-hybridized carbons (Fsp3) is 0.455. The highest BCUT2D eigenvalue weighted by molar-refractivity contribution is 9.10. The summed E-state index contributed by atoms with van der Waals surface area (Å²) < 4.78 is 1.02. The van der Waals surface area contributed by atoms with Gasteiger partial charge in [-0.05, 0) is 31.5 Å². The van der Waals surface area contributed by atoms with E-state index in [4.69, 9.17) is 5.73 Å². The first kappa shape index (κ1) is 14.9. The Kier molecular flexibility index (Phi) is 5.81. The van der Waals surface area contributed by atoms with E-state index in [1.54, 1.807) is 6.92 Å². The van der Waals surface area contributed by atoms with Crippen molar-refractivity contribution in [1.82, 2.24) is 0 Å². The molecular formula is C11H17BrClNO. The molecule has 0 spiro atoms. The average molecular weight is 295 g/mol. The predicted octanol–water partition coefficient (Wildman–Crippen LogP) is 2.51. The second-order valence-corrected chi connectivity index (χ2v) is 4.87. The van der Waals surface area contributed by atoms with Gasteiger partial charge >= 0.3 is 0 Å². The first-order chi connectivity index (χ1) is 6.42. The highest BCUT2D eigenvalue weighted by Gasteiger charge is 2.25. The Morgan fingerprint density at radius 3 is 2.60 bits per heavy atom. The van der Waals surface area contributed by atoms with Crippen LogP contribution in [-0.2, 0) is 6.42 Å². The topological polar surface area (TPSA) is 46.2 Å². The quantitative estimate of drug-likeness (QED) is 0.900. The van der Waals surface area contributed by atoms with Crippen LogP contribution in [0.1, 0.15) is 19.4 Å². The molecule has 2 atom stereocenters. The second kappa shape index (κ2) is 5.85. The van der Waals surface area contributed by atoms with Gasteiger partial charge in [-0.3, -0.25) is 0 Å². The number of hydrogen-bond donors (Lipinski definition) is 2. The van der Waals surface area contributed by atoms with Gasteiger partial charge in [-0.15, -0.1) is 12.4 Å². The van der Waals surface area contributed by atoms with Crippen LogP contribution in [0.25, 0.3) is 0 Å². The van der Waals surface area contributed by atoms with E-state index in [-0.39, 0.29) is 18.4 Å². The number of hydrogen-bond acceptors (Lipinski definition) is 2. The van der Waals surface area contributed by atoms with E-state index in [1.165, 1.54) is 0 Å². The number of nitrogens with two attached hydrogens (primary N) is 1. The summed E-state index contributed by atoms with van der Waals surface area (Å²) in [6.07, 6.45) is 0.574. The van der Waals surface area contributed by atoms with Crippen LogP contribution in [0.4, 0.5) is 0 Å². The first-order valence-corrected chi connectivity index (χ1v) is 5.43. The zero-order valence-electron chi connectivity index (χ0n) is 8.90. The van der Waals surface area contributed by atoms with Crippen LogP contribution < -0.4 is 5.73 Å². The number of halogens is 2. The molecule has 1 aromatic rings. The summed E-state index contributed by atoms with van der Waals surface area (Å²) in [5.74, 6) is 0. The average Bonchev–Trinajstić information content (AvgIpc) is 2.02. The summed E-state index contributed by atoms with van der Waals surface area (Å²) >= 11 is 3.39. The zero-order chi connectivity index (χ0) is 10.8. The molecular weight excluding hydrogens is 277 g/mol. The molecule has 0 aliphatic heterocycles. The van der Waals surface area contributed by atoms with Crippen molar-refractivity contribution in [3.05, 3.63) is 34.3 Å². The predicted molar refractivity (Wildman–Crippen MR) is 69.4 cm³/mol. The van der Waals surface area contributed by atoms with E-state index in [2.05, 4.69) is 15.9 Å². The minimum Gasteiger partial charge on any atom is -0.388 e. The molecule has 1 rings (SSSR count). The lowest BCUT2D eigenvalue weighted by molar-refractivity contribution is 0.0389. The zero-order valence-corrected chi connectivity index (χ0v) is 11.3. The highest BCUT2D eigenvalue weighted by Crippen LogP contribution is 2.19. The molecule has 0 aromatic heterocycles. The van der Waals surface area contributed by atoms with Gasteiger partial charge in [0.1, 0.15) is 0 Å². The van der Waals surface area contributed by atoms with Gasteiger partial charge in [0.15, 0.2) is 0 Å². The molecule has 0 fully saturated rings. The van der Waals surface area contributed by atoms with Crippen LogP contribution >= 0.6 is 28.3 Å². The maximum absolute atomic E-state index is 10.00. The molecule has 0 saturated heterocycles. The molecule has 0 amide bonds. The third-order valence-corrected chi connectivity index (χ3v) is 2.93. The largest absolute Gasteiger partial charge is 0.388 e. The van der Waals surface area contributed by atoms with Crippen LogP contribution in [0.3, 0.4) is 0 Å². The van der Waals surface area contributed by atoms with E-state index in [0.717, 1.165) is 10.0 Å². The van der Waals surface area contributed by atoms with Gasteiger partial charge in [0.05, 0.1) is 5.60 Å². The Morgan fingerprint density at radius 1 is 1.53 bits per heavy atom. The van der Waals surface area contributed by atoms with Crippen LogP contribution in [0.5, 0.6) is 0 Å². The molecule has 0 radical (unpaired) electrons. The van der Waals surface area contributed by atoms with E-state index >= 15 is 0 Å². The Morgan fingerprint density at radius 2 is 2.13 bits per heavy atom. The third-order valence-electron chi connectivity index (χ3n) is 2.43. The Bertz CT molecular complexity index is 315. The summed E-state index contributed by atoms with van der Waals surface area (Å²) in [6, 6.07) is 7.67. The molecule has 3 N–H and O–H groups in total. The van der Waals surface area contributed by atoms with Crippen LogP contribution in [0.15, 0.2) is 28.7 Å². The Hall–Kier alpha value is -0.0900. The lowest BCUT2D eigenvalue weighted by Gasteiger charge is -2.27. The van der Waals surface area contributed by atoms with Crippen LogP contribution in [-0.4, -0.2) is 16.7 Å². The van der Waals surface area contributed by atoms with Gasteiger partial charge in [-0.2, -0.15) is 0 Å². The number of benzene rings is 1. The van der Waals surface area contributed by atoms with Crippen molar-refractivity contribution in [2.24, 2.45) is 5.73 Å². The summed E-state index contributed by atoms with van der Waals surface area (Å²) in [4.78, 5) is 0. The molecule has 2 nitrogen and oxygen atoms in total. The van der Waals surface area contributed by atoms with Crippen molar-refractivity contribution in [3.8, 4) is 0 Å². The van der Waals surface area contributed by atoms with Gasteiger partial charge in [-0.25, -0.2) is 0 Å². The van der Waals surface area contributed by atoms with E-state index < -0.39 is 5.60 Å². The minimum absolute atomic E-state index is 0. The van der Waals surface area contributed by atoms with Crippen molar-refractivity contribution in [3.63, 3.8) is 0 Å². The van der Waals surface area contributed by atoms with Crippen molar-refractivity contribution in [1.29, 1.82) is 0 Å². The van der Waals surface area contributed by atoms with Crippen molar-refractivity contribution >= 4 is 28.3 Å². The highest BCUT2D eigenvalue weighted by atomic mass is 79.9. The molecule has 2 unspecified atom stereocenters. The standard InChI is InChI=1S/C11H16BrNO.ClH/c1-8(13)11(2,14)7-9-4-3-5-10(12)6-9;/h3-6,8,14H,7,13H2,1-2H3;1H. The molecule has 1 aromatic carbocycles. The minimum atomic E-state index is -0.846. The Labute approximate surface area is 105 Å². The van der Waals surface area contributed by atoms with Crippen molar-refractivity contribution in [2.45, 2.75) is 31.9 Å². The number of rotatable bonds is 3. The molecule has 86 valence electrons. The summed E-state index contributed by atoms with van der Waals surface area (Å²) in [5, 5.41) is 10.00. The third kappa shape index (κ3) is 4.51. The lowest BCUT2D eigenvalue weighted by atomic mass is 9.91. The fourth-order valence-corrected chi connectivity index (χ4v) is 1.67. The molecule has 0 saturated carbocycles. The second-order valence-electron chi connectivity index (χ2n) is 3.95. The summed E-state index contributed by atoms with van der Waals surface area (Å²) in [5.41, 5.74) is 5.93. The molecule has 0 heterocycles. The van der Waals surface area contributed by atoms with Gasteiger partial charge in [0.25, 0.3) is 0 Å². The van der Waals surface area contributed by atoms with E-state index in [0.29, 0.717) is 6.42 Å². The van der Waals surface area contributed by atoms with E-state index in [9.17, 15) is 5.11 Å². The summed E-state index contributed by atoms with van der Waals surface area (Å²) in [6.45, 7) is 3.58. The van der Waals surface area contributed by atoms with Gasteiger partial charge in [-0.1, -0.05) is 28.1 Å². The molecule has 0 aliphatic carbocycles. The smallest absolute Gasteiger partial charge is 0.0807 e. The molecule has 4 heteroatoms. The lowest BCUT2D eigenvalue weighted by Crippen LogP contribution is -2.45. The van der Waals surface area contributed by atoms with Crippen LogP contribution in [0.2, 0.25) is 0 Å². The first-order valence-electron chi connectivity index (χ1n) is 4.64. The van der Waals surface area contributed by atoms with Crippen molar-refractivity contribution in [2.75, 3.05) is 0 Å². The SMILES string of the molecule is CC(N)C(C)(O)Cc1cccc(Br)c1.Cl. The molecule has 0 aliphatic rings. The molecule has 15 heavy (non-hydrogen) atoms. The summed E-state index contributed by atoms with van der Waals surface area (Å²) in [7, 11) is 0. The molecule has 0 bridgehead atoms. The maximum atomic E-state index is 10.00. The van der Waals surface area contributed by atoms with Gasteiger partial charge in [0.2, 0.25) is 0 Å². The van der Waals surface area contributed by atoms with E-state index in [1.807, 2.05) is 31.2 Å². The van der Waals surface area contributed by atoms with Crippen molar-refractivity contribution < 1.29 is 5.11 Å². The van der Waals surface area contributed by atoms with Gasteiger partial charge < -0.3 is 10.8 Å². The number of aliphatic hydroxyl groups is 1. The normalized spacial score (nSPS) is 16.3. The van der Waals surface area contributed by atoms with Crippen LogP contribution in [0, 0.1) is 0 Å². The Balaban J connectivity index is 0.00000196. The monoisotopic (exact) mass is 293 g/mol. The van der Waals surface area contributed by atoms with Gasteiger partial charge in [0, 0.05) is 16.9 Å².